The SMILES string of the molecule is CN(Cc1cc2ccccc2o1)C(=O)c1n[nH]c2c1CNCC2. The fraction of sp³-hybridized carbons (Fsp3) is 0.294. The van der Waals surface area contributed by atoms with Gasteiger partial charge in [0.25, 0.3) is 5.91 Å². The third kappa shape index (κ3) is 2.51. The second-order valence-electron chi connectivity index (χ2n) is 5.87. The number of nitrogens with zero attached hydrogens (tertiary/aromatic N) is 2. The summed E-state index contributed by atoms with van der Waals surface area (Å²) in [6.45, 7) is 2.02. The minimum Gasteiger partial charge on any atom is -0.459 e. The minimum absolute atomic E-state index is 0.0911. The average molecular weight is 310 g/mol. The van der Waals surface area contributed by atoms with Gasteiger partial charge in [0.2, 0.25) is 0 Å². The molecule has 6 heteroatoms. The number of rotatable bonds is 3. The number of hydrogen-bond acceptors (Lipinski definition) is 4. The molecule has 23 heavy (non-hydrogen) atoms. The number of benzene rings is 1. The molecular formula is C17H18N4O2. The molecule has 0 atom stereocenters. The van der Waals surface area contributed by atoms with Gasteiger partial charge in [0.15, 0.2) is 5.69 Å². The molecule has 0 saturated heterocycles. The van der Waals surface area contributed by atoms with E-state index in [4.69, 9.17) is 4.42 Å². The zero-order valence-electron chi connectivity index (χ0n) is 12.9. The van der Waals surface area contributed by atoms with E-state index < -0.39 is 0 Å². The van der Waals surface area contributed by atoms with Crippen molar-refractivity contribution >= 4 is 16.9 Å². The molecule has 1 aromatic carbocycles. The fourth-order valence-corrected chi connectivity index (χ4v) is 3.00. The Hall–Kier alpha value is -2.60. The lowest BCUT2D eigenvalue weighted by atomic mass is 10.1. The molecule has 0 bridgehead atoms. The Bertz CT molecular complexity index is 831. The Labute approximate surface area is 133 Å². The van der Waals surface area contributed by atoms with Crippen molar-refractivity contribution in [3.8, 4) is 0 Å². The number of H-pyrrole nitrogens is 1. The van der Waals surface area contributed by atoms with E-state index in [0.29, 0.717) is 18.8 Å². The number of para-hydroxylation sites is 1. The van der Waals surface area contributed by atoms with Gasteiger partial charge in [0.05, 0.1) is 6.54 Å². The van der Waals surface area contributed by atoms with Crippen LogP contribution in [-0.4, -0.2) is 34.6 Å². The number of fused-ring (bicyclic) bond motifs is 2. The molecule has 0 spiro atoms. The lowest BCUT2D eigenvalue weighted by molar-refractivity contribution is 0.0769. The standard InChI is InChI=1S/C17H18N4O2/c1-21(10-12-8-11-4-2-3-5-15(11)23-12)17(22)16-13-9-18-7-6-14(13)19-20-16/h2-5,8,18H,6-7,9-10H2,1H3,(H,19,20). The predicted molar refractivity (Wildman–Crippen MR) is 86.0 cm³/mol. The topological polar surface area (TPSA) is 74.2 Å². The molecule has 3 aromatic rings. The summed E-state index contributed by atoms with van der Waals surface area (Å²) in [7, 11) is 1.77. The smallest absolute Gasteiger partial charge is 0.274 e. The Morgan fingerprint density at radius 3 is 3.13 bits per heavy atom. The normalized spacial score (nSPS) is 14.0. The van der Waals surface area contributed by atoms with Crippen LogP contribution in [0.1, 0.15) is 27.5 Å². The molecule has 2 aromatic heterocycles. The van der Waals surface area contributed by atoms with Crippen LogP contribution in [-0.2, 0) is 19.5 Å². The zero-order chi connectivity index (χ0) is 15.8. The highest BCUT2D eigenvalue weighted by Gasteiger charge is 2.24. The van der Waals surface area contributed by atoms with Crippen molar-refractivity contribution in [3.63, 3.8) is 0 Å². The van der Waals surface area contributed by atoms with Gasteiger partial charge in [0, 0.05) is 43.2 Å². The highest BCUT2D eigenvalue weighted by molar-refractivity contribution is 5.94. The van der Waals surface area contributed by atoms with E-state index >= 15 is 0 Å². The third-order valence-corrected chi connectivity index (χ3v) is 4.23. The summed E-state index contributed by atoms with van der Waals surface area (Å²) in [5.41, 5.74) is 3.39. The summed E-state index contributed by atoms with van der Waals surface area (Å²) in [4.78, 5) is 14.3. The lowest BCUT2D eigenvalue weighted by Gasteiger charge is -2.17. The maximum atomic E-state index is 12.7. The molecule has 1 aliphatic heterocycles. The molecule has 0 radical (unpaired) electrons. The fourth-order valence-electron chi connectivity index (χ4n) is 3.00. The first-order chi connectivity index (χ1) is 11.2. The molecule has 4 rings (SSSR count). The van der Waals surface area contributed by atoms with Crippen LogP contribution in [0.3, 0.4) is 0 Å². The van der Waals surface area contributed by atoms with Crippen molar-refractivity contribution < 1.29 is 9.21 Å². The number of hydrogen-bond donors (Lipinski definition) is 2. The number of aromatic amines is 1. The van der Waals surface area contributed by atoms with Crippen LogP contribution in [0, 0.1) is 0 Å². The molecule has 1 aliphatic rings. The molecule has 0 saturated carbocycles. The summed E-state index contributed by atoms with van der Waals surface area (Å²) in [6.07, 6.45) is 0.878. The van der Waals surface area contributed by atoms with Gasteiger partial charge in [-0.1, -0.05) is 18.2 Å². The largest absolute Gasteiger partial charge is 0.459 e. The summed E-state index contributed by atoms with van der Waals surface area (Å²) < 4.78 is 5.78. The molecule has 3 heterocycles. The molecule has 0 fully saturated rings. The quantitative estimate of drug-likeness (QED) is 0.777. The van der Waals surface area contributed by atoms with Gasteiger partial charge < -0.3 is 14.6 Å². The van der Waals surface area contributed by atoms with Crippen LogP contribution in [0.4, 0.5) is 0 Å². The molecule has 0 aliphatic carbocycles. The highest BCUT2D eigenvalue weighted by atomic mass is 16.3. The summed E-state index contributed by atoms with van der Waals surface area (Å²) in [5.74, 6) is 0.677. The van der Waals surface area contributed by atoms with Crippen LogP contribution >= 0.6 is 0 Å². The zero-order valence-corrected chi connectivity index (χ0v) is 12.9. The van der Waals surface area contributed by atoms with E-state index in [9.17, 15) is 4.79 Å². The number of furan rings is 1. The van der Waals surface area contributed by atoms with Gasteiger partial charge in [-0.25, -0.2) is 0 Å². The lowest BCUT2D eigenvalue weighted by Crippen LogP contribution is -2.29. The van der Waals surface area contributed by atoms with Crippen LogP contribution in [0.5, 0.6) is 0 Å². The number of carbonyl (C=O) groups excluding carboxylic acids is 1. The minimum atomic E-state index is -0.0911. The van der Waals surface area contributed by atoms with Gasteiger partial charge in [0.1, 0.15) is 11.3 Å². The van der Waals surface area contributed by atoms with E-state index in [0.717, 1.165) is 41.0 Å². The Balaban J connectivity index is 1.55. The van der Waals surface area contributed by atoms with Crippen molar-refractivity contribution in [2.75, 3.05) is 13.6 Å². The van der Waals surface area contributed by atoms with Crippen molar-refractivity contribution in [3.05, 3.63) is 53.0 Å². The predicted octanol–water partition coefficient (Wildman–Crippen LogP) is 2.07. The van der Waals surface area contributed by atoms with Gasteiger partial charge >= 0.3 is 0 Å². The van der Waals surface area contributed by atoms with E-state index in [2.05, 4.69) is 15.5 Å². The average Bonchev–Trinajstić information content (AvgIpc) is 3.17. The van der Waals surface area contributed by atoms with Gasteiger partial charge in [-0.05, 0) is 12.1 Å². The number of nitrogens with one attached hydrogen (secondary N) is 2. The first kappa shape index (κ1) is 14.0. The molecule has 2 N–H and O–H groups in total. The second kappa shape index (κ2) is 5.55. The number of carbonyl (C=O) groups is 1. The van der Waals surface area contributed by atoms with Gasteiger partial charge in [-0.15, -0.1) is 0 Å². The molecule has 0 unspecified atom stereocenters. The van der Waals surface area contributed by atoms with Crippen LogP contribution in [0.15, 0.2) is 34.7 Å². The van der Waals surface area contributed by atoms with Crippen LogP contribution in [0.2, 0.25) is 0 Å². The van der Waals surface area contributed by atoms with E-state index in [1.807, 2.05) is 30.3 Å². The van der Waals surface area contributed by atoms with Crippen molar-refractivity contribution in [2.24, 2.45) is 0 Å². The first-order valence-electron chi connectivity index (χ1n) is 7.72. The van der Waals surface area contributed by atoms with Gasteiger partial charge in [-0.3, -0.25) is 9.89 Å². The summed E-state index contributed by atoms with van der Waals surface area (Å²) in [6, 6.07) is 9.81. The Kier molecular flexibility index (Phi) is 3.38. The van der Waals surface area contributed by atoms with E-state index in [-0.39, 0.29) is 5.91 Å². The van der Waals surface area contributed by atoms with Crippen molar-refractivity contribution in [2.45, 2.75) is 19.5 Å². The van der Waals surface area contributed by atoms with E-state index in [1.165, 1.54) is 0 Å². The Morgan fingerprint density at radius 1 is 1.39 bits per heavy atom. The monoisotopic (exact) mass is 310 g/mol. The highest BCUT2D eigenvalue weighted by Crippen LogP contribution is 2.21. The second-order valence-corrected chi connectivity index (χ2v) is 5.87. The summed E-state index contributed by atoms with van der Waals surface area (Å²) in [5, 5.41) is 11.5. The summed E-state index contributed by atoms with van der Waals surface area (Å²) >= 11 is 0. The molecule has 6 nitrogen and oxygen atoms in total. The first-order valence-corrected chi connectivity index (χ1v) is 7.72. The molecule has 118 valence electrons. The number of amides is 1. The van der Waals surface area contributed by atoms with Crippen LogP contribution in [0.25, 0.3) is 11.0 Å². The maximum Gasteiger partial charge on any atom is 0.274 e. The van der Waals surface area contributed by atoms with Crippen molar-refractivity contribution in [1.29, 1.82) is 0 Å². The van der Waals surface area contributed by atoms with Crippen LogP contribution < -0.4 is 5.32 Å². The maximum absolute atomic E-state index is 12.7. The van der Waals surface area contributed by atoms with Crippen molar-refractivity contribution in [1.82, 2.24) is 20.4 Å². The molecule has 1 amide bonds. The van der Waals surface area contributed by atoms with Gasteiger partial charge in [-0.2, -0.15) is 5.10 Å². The third-order valence-electron chi connectivity index (χ3n) is 4.23. The Morgan fingerprint density at radius 2 is 2.26 bits per heavy atom. The van der Waals surface area contributed by atoms with E-state index in [1.54, 1.807) is 11.9 Å². The number of aromatic nitrogens is 2. The molecular weight excluding hydrogens is 292 g/mol.